The Bertz CT molecular complexity index is 3850. The van der Waals surface area contributed by atoms with Crippen LogP contribution in [0.2, 0.25) is 0 Å². The quantitative estimate of drug-likeness (QED) is 0.167. The zero-order chi connectivity index (χ0) is 41.4. The first-order valence-corrected chi connectivity index (χ1v) is 21.1. The summed E-state index contributed by atoms with van der Waals surface area (Å²) in [5, 5.41) is 6.43. The Morgan fingerprint density at radius 3 is 1.57 bits per heavy atom. The van der Waals surface area contributed by atoms with E-state index in [4.69, 9.17) is 23.8 Å². The molecule has 0 aliphatic rings. The van der Waals surface area contributed by atoms with Crippen LogP contribution >= 0.6 is 0 Å². The Morgan fingerprint density at radius 2 is 0.841 bits per heavy atom. The molecule has 0 N–H and O–H groups in total. The van der Waals surface area contributed by atoms with Gasteiger partial charge in [-0.05, 0) is 64.7 Å². The van der Waals surface area contributed by atoms with Crippen LogP contribution in [0.4, 0.5) is 0 Å². The highest BCUT2D eigenvalue weighted by molar-refractivity contribution is 6.16. The Kier molecular flexibility index (Phi) is 7.80. The van der Waals surface area contributed by atoms with Gasteiger partial charge in [0.2, 0.25) is 0 Å². The van der Waals surface area contributed by atoms with Crippen molar-refractivity contribution in [2.24, 2.45) is 0 Å². The molecule has 0 bridgehead atoms. The highest BCUT2D eigenvalue weighted by Gasteiger charge is 2.22. The summed E-state index contributed by atoms with van der Waals surface area (Å²) in [6.07, 6.45) is 0. The molecule has 0 aliphatic heterocycles. The molecule has 0 saturated heterocycles. The van der Waals surface area contributed by atoms with E-state index in [1.807, 2.05) is 36.4 Å². The molecular weight excluding hydrogens is 773 g/mol. The van der Waals surface area contributed by atoms with Gasteiger partial charge in [-0.2, -0.15) is 0 Å². The lowest BCUT2D eigenvalue weighted by Gasteiger charge is -2.10. The number of hydrogen-bond acceptors (Lipinski definition) is 5. The van der Waals surface area contributed by atoms with Crippen LogP contribution in [-0.2, 0) is 0 Å². The average molecular weight is 807 g/mol. The number of aromatic nitrogens is 4. The van der Waals surface area contributed by atoms with Crippen molar-refractivity contribution in [3.05, 3.63) is 206 Å². The average Bonchev–Trinajstić information content (AvgIpc) is 4.04. The second kappa shape index (κ2) is 14.0. The molecule has 0 fully saturated rings. The third kappa shape index (κ3) is 5.62. The predicted octanol–water partition coefficient (Wildman–Crippen LogP) is 15.1. The number of rotatable bonds is 6. The van der Waals surface area contributed by atoms with Crippen molar-refractivity contribution in [1.29, 1.82) is 0 Å². The topological polar surface area (TPSA) is 69.9 Å². The summed E-state index contributed by atoms with van der Waals surface area (Å²) in [4.78, 5) is 15.7. The molecule has 0 spiro atoms. The minimum Gasteiger partial charge on any atom is -0.456 e. The SMILES string of the molecule is c1ccc(-c2ccc(-c3nc(-c4ccc5c(c4)oc4cccc(-c6ccccc6)c45)nc(-c4cccc5oc6c(-n7c8ccccc8c8ccccc87)cccc6c45)n3)cc2)cc1. The number of benzene rings is 9. The first-order chi connectivity index (χ1) is 31.2. The summed E-state index contributed by atoms with van der Waals surface area (Å²) >= 11 is 0. The van der Waals surface area contributed by atoms with E-state index in [2.05, 4.69) is 174 Å². The van der Waals surface area contributed by atoms with Gasteiger partial charge in [0.15, 0.2) is 23.1 Å². The highest BCUT2D eigenvalue weighted by atomic mass is 16.3. The van der Waals surface area contributed by atoms with E-state index in [1.165, 1.54) is 10.8 Å². The molecule has 4 heterocycles. The normalized spacial score (nSPS) is 11.8. The van der Waals surface area contributed by atoms with Gasteiger partial charge >= 0.3 is 0 Å². The molecule has 63 heavy (non-hydrogen) atoms. The van der Waals surface area contributed by atoms with Gasteiger partial charge in [0.25, 0.3) is 0 Å². The zero-order valence-corrected chi connectivity index (χ0v) is 33.7. The molecule has 13 aromatic rings. The highest BCUT2D eigenvalue weighted by Crippen LogP contribution is 2.42. The summed E-state index contributed by atoms with van der Waals surface area (Å²) in [6.45, 7) is 0. The largest absolute Gasteiger partial charge is 0.456 e. The molecule has 0 radical (unpaired) electrons. The Morgan fingerprint density at radius 1 is 0.317 bits per heavy atom. The molecule has 9 aromatic carbocycles. The second-order valence-electron chi connectivity index (χ2n) is 15.9. The zero-order valence-electron chi connectivity index (χ0n) is 33.7. The number of nitrogens with zero attached hydrogens (tertiary/aromatic N) is 4. The van der Waals surface area contributed by atoms with Gasteiger partial charge in [0.1, 0.15) is 16.7 Å². The molecule has 294 valence electrons. The van der Waals surface area contributed by atoms with E-state index >= 15 is 0 Å². The second-order valence-corrected chi connectivity index (χ2v) is 15.9. The van der Waals surface area contributed by atoms with Gasteiger partial charge in [-0.1, -0.05) is 164 Å². The number of hydrogen-bond donors (Lipinski definition) is 0. The van der Waals surface area contributed by atoms with E-state index in [1.54, 1.807) is 0 Å². The molecule has 0 atom stereocenters. The van der Waals surface area contributed by atoms with Gasteiger partial charge in [0.05, 0.1) is 16.7 Å². The van der Waals surface area contributed by atoms with Crippen LogP contribution in [0.15, 0.2) is 215 Å². The predicted molar refractivity (Wildman–Crippen MR) is 256 cm³/mol. The minimum absolute atomic E-state index is 0.545. The Hall–Kier alpha value is -8.61. The number of fused-ring (bicyclic) bond motifs is 9. The van der Waals surface area contributed by atoms with Gasteiger partial charge < -0.3 is 13.4 Å². The molecule has 0 unspecified atom stereocenters. The van der Waals surface area contributed by atoms with Crippen molar-refractivity contribution in [1.82, 2.24) is 19.5 Å². The fraction of sp³-hybridized carbons (Fsp3) is 0. The van der Waals surface area contributed by atoms with Crippen molar-refractivity contribution >= 4 is 65.7 Å². The third-order valence-corrected chi connectivity index (χ3v) is 12.3. The van der Waals surface area contributed by atoms with Crippen LogP contribution in [0, 0.1) is 0 Å². The maximum Gasteiger partial charge on any atom is 0.164 e. The summed E-state index contributed by atoms with van der Waals surface area (Å²) < 4.78 is 15.7. The maximum atomic E-state index is 6.87. The Balaban J connectivity index is 1.01. The number of furan rings is 2. The summed E-state index contributed by atoms with van der Waals surface area (Å²) in [7, 11) is 0. The first-order valence-electron chi connectivity index (χ1n) is 21.1. The molecule has 0 saturated carbocycles. The lowest BCUT2D eigenvalue weighted by atomic mass is 9.99. The van der Waals surface area contributed by atoms with Crippen molar-refractivity contribution in [2.45, 2.75) is 0 Å². The van der Waals surface area contributed by atoms with E-state index in [9.17, 15) is 0 Å². The lowest BCUT2D eigenvalue weighted by Crippen LogP contribution is -2.00. The third-order valence-electron chi connectivity index (χ3n) is 12.3. The first kappa shape index (κ1) is 35.2. The van der Waals surface area contributed by atoms with E-state index in [0.717, 1.165) is 99.5 Å². The van der Waals surface area contributed by atoms with Crippen LogP contribution in [0.25, 0.3) is 128 Å². The van der Waals surface area contributed by atoms with Crippen molar-refractivity contribution < 1.29 is 8.83 Å². The fourth-order valence-corrected chi connectivity index (χ4v) is 9.40. The van der Waals surface area contributed by atoms with Crippen molar-refractivity contribution in [3.8, 4) is 62.1 Å². The molecular formula is C57H34N4O2. The number of para-hydroxylation sites is 3. The fourth-order valence-electron chi connectivity index (χ4n) is 9.40. The summed E-state index contributed by atoms with van der Waals surface area (Å²) in [6, 6.07) is 71.3. The van der Waals surface area contributed by atoms with Gasteiger partial charge in [-0.15, -0.1) is 0 Å². The molecule has 6 heteroatoms. The van der Waals surface area contributed by atoms with Crippen LogP contribution < -0.4 is 0 Å². The summed E-state index contributed by atoms with van der Waals surface area (Å²) in [5.74, 6) is 1.67. The molecule has 13 rings (SSSR count). The van der Waals surface area contributed by atoms with Gasteiger partial charge in [0, 0.05) is 49.0 Å². The van der Waals surface area contributed by atoms with E-state index < -0.39 is 0 Å². The molecule has 6 nitrogen and oxygen atoms in total. The molecule has 0 aliphatic carbocycles. The van der Waals surface area contributed by atoms with Gasteiger partial charge in [-0.25, -0.2) is 15.0 Å². The van der Waals surface area contributed by atoms with E-state index in [-0.39, 0.29) is 0 Å². The summed E-state index contributed by atoms with van der Waals surface area (Å²) in [5.41, 5.74) is 13.5. The van der Waals surface area contributed by atoms with Crippen molar-refractivity contribution in [3.63, 3.8) is 0 Å². The van der Waals surface area contributed by atoms with Crippen LogP contribution in [-0.4, -0.2) is 19.5 Å². The van der Waals surface area contributed by atoms with Crippen LogP contribution in [0.1, 0.15) is 0 Å². The van der Waals surface area contributed by atoms with Crippen LogP contribution in [0.5, 0.6) is 0 Å². The van der Waals surface area contributed by atoms with Gasteiger partial charge in [-0.3, -0.25) is 0 Å². The smallest absolute Gasteiger partial charge is 0.164 e. The molecule has 4 aromatic heterocycles. The van der Waals surface area contributed by atoms with E-state index in [0.29, 0.717) is 17.5 Å². The van der Waals surface area contributed by atoms with Crippen LogP contribution in [0.3, 0.4) is 0 Å². The minimum atomic E-state index is 0.545. The standard InChI is InChI=1S/C57H34N4O2/c1-3-14-35(15-4-1)36-28-30-38(31-29-36)55-58-56(39-32-33-43-51(34-39)62-49-26-12-20-40(52(43)49)37-16-5-2-6-17-37)60-57(59-55)45-22-13-27-50-53(45)44-21-11-25-48(54(44)63-50)61-46-23-9-7-18-41(46)42-19-8-10-24-47(42)61/h1-34H. The maximum absolute atomic E-state index is 6.87. The monoisotopic (exact) mass is 806 g/mol. The van der Waals surface area contributed by atoms with Crippen molar-refractivity contribution in [2.75, 3.05) is 0 Å². The molecule has 0 amide bonds. The Labute approximate surface area is 361 Å². The lowest BCUT2D eigenvalue weighted by molar-refractivity contribution is 0.666.